The number of rotatable bonds is 1. The Morgan fingerprint density at radius 1 is 1.29 bits per heavy atom. The third-order valence-electron chi connectivity index (χ3n) is 3.11. The molecule has 1 saturated heterocycles. The van der Waals surface area contributed by atoms with Crippen LogP contribution in [0.25, 0.3) is 10.8 Å². The monoisotopic (exact) mass is 244 g/mol. The van der Waals surface area contributed by atoms with Crippen molar-refractivity contribution in [1.29, 1.82) is 0 Å². The highest BCUT2D eigenvalue weighted by atomic mass is 32.2. The van der Waals surface area contributed by atoms with Crippen molar-refractivity contribution in [2.45, 2.75) is 24.8 Å². The number of pyridine rings is 1. The Morgan fingerprint density at radius 2 is 2.12 bits per heavy atom. The highest BCUT2D eigenvalue weighted by Gasteiger charge is 2.32. The minimum absolute atomic E-state index is 0.215. The molecule has 1 N–H and O–H groups in total. The maximum absolute atomic E-state index is 4.35. The fourth-order valence-electron chi connectivity index (χ4n) is 2.25. The SMILES string of the molecule is CC1(C)CSC(c2cncc3ccccc23)N1. The van der Waals surface area contributed by atoms with Crippen LogP contribution in [0, 0.1) is 0 Å². The fourth-order valence-corrected chi connectivity index (χ4v) is 3.68. The van der Waals surface area contributed by atoms with Gasteiger partial charge in [0.15, 0.2) is 0 Å². The zero-order valence-electron chi connectivity index (χ0n) is 10.1. The van der Waals surface area contributed by atoms with E-state index in [0.29, 0.717) is 5.37 Å². The van der Waals surface area contributed by atoms with E-state index in [1.54, 1.807) is 0 Å². The topological polar surface area (TPSA) is 24.9 Å². The van der Waals surface area contributed by atoms with Gasteiger partial charge in [0.05, 0.1) is 5.37 Å². The fraction of sp³-hybridized carbons (Fsp3) is 0.357. The number of hydrogen-bond acceptors (Lipinski definition) is 3. The third-order valence-corrected chi connectivity index (χ3v) is 4.71. The van der Waals surface area contributed by atoms with Gasteiger partial charge in [0.1, 0.15) is 0 Å². The number of thioether (sulfide) groups is 1. The molecule has 1 aliphatic heterocycles. The summed E-state index contributed by atoms with van der Waals surface area (Å²) in [5.74, 6) is 1.14. The van der Waals surface area contributed by atoms with Crippen LogP contribution in [0.1, 0.15) is 24.8 Å². The molecular weight excluding hydrogens is 228 g/mol. The average Bonchev–Trinajstić information content (AvgIpc) is 2.69. The molecule has 2 heterocycles. The normalized spacial score (nSPS) is 23.1. The lowest BCUT2D eigenvalue weighted by Crippen LogP contribution is -2.35. The molecule has 1 aromatic carbocycles. The van der Waals surface area contributed by atoms with Crippen molar-refractivity contribution < 1.29 is 0 Å². The van der Waals surface area contributed by atoms with Crippen molar-refractivity contribution in [3.8, 4) is 0 Å². The van der Waals surface area contributed by atoms with E-state index in [4.69, 9.17) is 0 Å². The molecule has 2 nitrogen and oxygen atoms in total. The average molecular weight is 244 g/mol. The van der Waals surface area contributed by atoms with E-state index in [2.05, 4.69) is 48.4 Å². The molecule has 0 amide bonds. The van der Waals surface area contributed by atoms with E-state index in [1.165, 1.54) is 16.3 Å². The van der Waals surface area contributed by atoms with E-state index in [9.17, 15) is 0 Å². The van der Waals surface area contributed by atoms with E-state index in [0.717, 1.165) is 5.75 Å². The van der Waals surface area contributed by atoms with E-state index < -0.39 is 0 Å². The van der Waals surface area contributed by atoms with E-state index in [-0.39, 0.29) is 5.54 Å². The van der Waals surface area contributed by atoms with Crippen LogP contribution in [-0.2, 0) is 0 Å². The largest absolute Gasteiger partial charge is 0.296 e. The van der Waals surface area contributed by atoms with Crippen LogP contribution >= 0.6 is 11.8 Å². The molecule has 88 valence electrons. The maximum atomic E-state index is 4.35. The predicted octanol–water partition coefficient (Wildman–Crippen LogP) is 3.35. The van der Waals surface area contributed by atoms with E-state index >= 15 is 0 Å². The molecule has 0 bridgehead atoms. The molecule has 3 rings (SSSR count). The summed E-state index contributed by atoms with van der Waals surface area (Å²) in [6.45, 7) is 4.50. The Kier molecular flexibility index (Phi) is 2.60. The quantitative estimate of drug-likeness (QED) is 0.832. The van der Waals surface area contributed by atoms with Gasteiger partial charge in [-0.3, -0.25) is 10.3 Å². The lowest BCUT2D eigenvalue weighted by Gasteiger charge is -2.19. The molecule has 0 spiro atoms. The summed E-state index contributed by atoms with van der Waals surface area (Å²) >= 11 is 1.97. The standard InChI is InChI=1S/C14H16N2S/c1-14(2)9-17-13(16-14)12-8-15-7-10-5-3-4-6-11(10)12/h3-8,13,16H,9H2,1-2H3. The first-order valence-electron chi connectivity index (χ1n) is 5.88. The lowest BCUT2D eigenvalue weighted by molar-refractivity contribution is 0.452. The van der Waals surface area contributed by atoms with Crippen LogP contribution in [0.4, 0.5) is 0 Å². The van der Waals surface area contributed by atoms with Gasteiger partial charge in [0.2, 0.25) is 0 Å². The maximum Gasteiger partial charge on any atom is 0.0815 e. The molecule has 1 atom stereocenters. The first kappa shape index (κ1) is 11.1. The van der Waals surface area contributed by atoms with Gasteiger partial charge in [-0.15, -0.1) is 11.8 Å². The molecule has 0 saturated carbocycles. The second-order valence-electron chi connectivity index (χ2n) is 5.17. The van der Waals surface area contributed by atoms with Gasteiger partial charge < -0.3 is 0 Å². The van der Waals surface area contributed by atoms with Crippen LogP contribution < -0.4 is 5.32 Å². The van der Waals surface area contributed by atoms with Gasteiger partial charge in [0, 0.05) is 34.6 Å². The van der Waals surface area contributed by atoms with Crippen LogP contribution in [0.2, 0.25) is 0 Å². The molecular formula is C14H16N2S. The minimum atomic E-state index is 0.215. The zero-order chi connectivity index (χ0) is 11.9. The molecule has 1 aliphatic rings. The summed E-state index contributed by atoms with van der Waals surface area (Å²) in [5, 5.41) is 6.56. The molecule has 3 heteroatoms. The first-order valence-corrected chi connectivity index (χ1v) is 6.93. The van der Waals surface area contributed by atoms with Crippen LogP contribution in [0.3, 0.4) is 0 Å². The number of fused-ring (bicyclic) bond motifs is 1. The van der Waals surface area contributed by atoms with Crippen LogP contribution in [0.15, 0.2) is 36.7 Å². The van der Waals surface area contributed by atoms with Gasteiger partial charge in [-0.2, -0.15) is 0 Å². The van der Waals surface area contributed by atoms with Gasteiger partial charge >= 0.3 is 0 Å². The molecule has 0 radical (unpaired) electrons. The summed E-state index contributed by atoms with van der Waals surface area (Å²) < 4.78 is 0. The number of benzene rings is 1. The number of nitrogens with one attached hydrogen (secondary N) is 1. The molecule has 0 aliphatic carbocycles. The number of hydrogen-bond donors (Lipinski definition) is 1. The Labute approximate surface area is 106 Å². The second kappa shape index (κ2) is 4.00. The summed E-state index contributed by atoms with van der Waals surface area (Å²) in [6, 6.07) is 8.46. The number of nitrogens with zero attached hydrogens (tertiary/aromatic N) is 1. The van der Waals surface area contributed by atoms with Crippen molar-refractivity contribution >= 4 is 22.5 Å². The second-order valence-corrected chi connectivity index (χ2v) is 6.26. The Balaban J connectivity index is 2.06. The van der Waals surface area contributed by atoms with E-state index in [1.807, 2.05) is 24.2 Å². The Morgan fingerprint density at radius 3 is 2.88 bits per heavy atom. The van der Waals surface area contributed by atoms with Crippen LogP contribution in [0.5, 0.6) is 0 Å². The molecule has 1 unspecified atom stereocenters. The molecule has 1 aromatic heterocycles. The third kappa shape index (κ3) is 2.05. The summed E-state index contributed by atoms with van der Waals surface area (Å²) in [4.78, 5) is 4.35. The Hall–Kier alpha value is -1.06. The van der Waals surface area contributed by atoms with Gasteiger partial charge in [0.25, 0.3) is 0 Å². The highest BCUT2D eigenvalue weighted by molar-refractivity contribution is 7.99. The van der Waals surface area contributed by atoms with Gasteiger partial charge in [-0.05, 0) is 19.2 Å². The summed E-state index contributed by atoms with van der Waals surface area (Å²) in [6.07, 6.45) is 3.93. The van der Waals surface area contributed by atoms with Crippen molar-refractivity contribution in [3.63, 3.8) is 0 Å². The molecule has 2 aromatic rings. The minimum Gasteiger partial charge on any atom is -0.296 e. The smallest absolute Gasteiger partial charge is 0.0815 e. The summed E-state index contributed by atoms with van der Waals surface area (Å²) in [5.41, 5.74) is 1.52. The number of aromatic nitrogens is 1. The van der Waals surface area contributed by atoms with Gasteiger partial charge in [-0.25, -0.2) is 0 Å². The zero-order valence-corrected chi connectivity index (χ0v) is 10.9. The Bertz CT molecular complexity index is 545. The van der Waals surface area contributed by atoms with Crippen molar-refractivity contribution in [1.82, 2.24) is 10.3 Å². The van der Waals surface area contributed by atoms with Crippen molar-refractivity contribution in [3.05, 3.63) is 42.2 Å². The highest BCUT2D eigenvalue weighted by Crippen LogP contribution is 2.39. The molecule has 1 fully saturated rings. The van der Waals surface area contributed by atoms with Gasteiger partial charge in [-0.1, -0.05) is 24.3 Å². The van der Waals surface area contributed by atoms with Crippen LogP contribution in [-0.4, -0.2) is 16.3 Å². The lowest BCUT2D eigenvalue weighted by atomic mass is 10.1. The first-order chi connectivity index (χ1) is 8.16. The molecule has 17 heavy (non-hydrogen) atoms. The summed E-state index contributed by atoms with van der Waals surface area (Å²) in [7, 11) is 0. The predicted molar refractivity (Wildman–Crippen MR) is 74.2 cm³/mol. The van der Waals surface area contributed by atoms with Crippen molar-refractivity contribution in [2.75, 3.05) is 5.75 Å². The van der Waals surface area contributed by atoms with Crippen molar-refractivity contribution in [2.24, 2.45) is 0 Å².